The Kier molecular flexibility index (Phi) is 2.65. The highest BCUT2D eigenvalue weighted by molar-refractivity contribution is 5.99. The second-order valence-corrected chi connectivity index (χ2v) is 4.77. The summed E-state index contributed by atoms with van der Waals surface area (Å²) in [6, 6.07) is 10.1. The summed E-state index contributed by atoms with van der Waals surface area (Å²) in [6.07, 6.45) is 0. The van der Waals surface area contributed by atoms with Gasteiger partial charge in [-0.1, -0.05) is 29.8 Å². The second kappa shape index (κ2) is 4.35. The van der Waals surface area contributed by atoms with E-state index in [0.29, 0.717) is 11.2 Å². The molecular formula is C15H13N5. The van der Waals surface area contributed by atoms with Crippen LogP contribution in [0.1, 0.15) is 16.8 Å². The third-order valence-corrected chi connectivity index (χ3v) is 3.36. The third-order valence-electron chi connectivity index (χ3n) is 3.36. The number of nitrogens with two attached hydrogens (primary N) is 1. The first kappa shape index (κ1) is 12.2. The quantitative estimate of drug-likeness (QED) is 0.706. The number of hydrogen-bond donors (Lipinski definition) is 2. The lowest BCUT2D eigenvalue weighted by molar-refractivity contribution is 1.06. The van der Waals surface area contributed by atoms with Gasteiger partial charge in [-0.05, 0) is 19.4 Å². The molecule has 0 aliphatic rings. The van der Waals surface area contributed by atoms with E-state index in [-0.39, 0.29) is 5.82 Å². The van der Waals surface area contributed by atoms with Crippen LogP contribution in [0.3, 0.4) is 0 Å². The minimum Gasteiger partial charge on any atom is -0.383 e. The average molecular weight is 263 g/mol. The van der Waals surface area contributed by atoms with Crippen LogP contribution in [0.4, 0.5) is 5.82 Å². The van der Waals surface area contributed by atoms with Crippen LogP contribution in [0, 0.1) is 25.2 Å². The molecule has 20 heavy (non-hydrogen) atoms. The van der Waals surface area contributed by atoms with Crippen LogP contribution in [0.15, 0.2) is 24.3 Å². The predicted molar refractivity (Wildman–Crippen MR) is 77.9 cm³/mol. The highest BCUT2D eigenvalue weighted by atomic mass is 15.2. The Balaban J connectivity index is 2.46. The fraction of sp³-hybridized carbons (Fsp3) is 0.133. The Labute approximate surface area is 116 Å². The molecule has 98 valence electrons. The summed E-state index contributed by atoms with van der Waals surface area (Å²) in [5.74, 6) is 0.210. The molecule has 0 saturated carbocycles. The predicted octanol–water partition coefficient (Wildman–Crippen LogP) is 2.70. The number of nitriles is 1. The topological polar surface area (TPSA) is 91.4 Å². The molecule has 0 aliphatic heterocycles. The van der Waals surface area contributed by atoms with Gasteiger partial charge in [0.15, 0.2) is 5.65 Å². The van der Waals surface area contributed by atoms with E-state index in [2.05, 4.69) is 21.3 Å². The minimum atomic E-state index is 0.210. The Morgan fingerprint density at radius 1 is 1.20 bits per heavy atom. The molecule has 0 radical (unpaired) electrons. The second-order valence-electron chi connectivity index (χ2n) is 4.77. The number of hydrogen-bond acceptors (Lipinski definition) is 4. The van der Waals surface area contributed by atoms with E-state index in [1.54, 1.807) is 0 Å². The molecule has 0 amide bonds. The standard InChI is InChI=1S/C15H13N5/c1-8-3-5-10(6-4-8)13-11(7-16)14(17)18-15-12(13)9(2)19-20-15/h3-6H,1-2H3,(H3,17,18,19,20). The Morgan fingerprint density at radius 2 is 1.90 bits per heavy atom. The summed E-state index contributed by atoms with van der Waals surface area (Å²) in [5, 5.41) is 17.3. The lowest BCUT2D eigenvalue weighted by Gasteiger charge is -2.09. The molecule has 0 bridgehead atoms. The van der Waals surface area contributed by atoms with Crippen molar-refractivity contribution in [1.82, 2.24) is 15.2 Å². The SMILES string of the molecule is Cc1ccc(-c2c(C#N)c(N)nc3n[nH]c(C)c23)cc1. The number of nitrogen functional groups attached to an aromatic ring is 1. The van der Waals surface area contributed by atoms with E-state index in [4.69, 9.17) is 5.73 Å². The molecule has 3 aromatic rings. The molecular weight excluding hydrogens is 250 g/mol. The zero-order valence-electron chi connectivity index (χ0n) is 11.2. The molecule has 0 aliphatic carbocycles. The van der Waals surface area contributed by atoms with Crippen LogP contribution in [-0.2, 0) is 0 Å². The Morgan fingerprint density at radius 3 is 2.55 bits per heavy atom. The lowest BCUT2D eigenvalue weighted by Crippen LogP contribution is -1.99. The van der Waals surface area contributed by atoms with Crippen molar-refractivity contribution in [2.45, 2.75) is 13.8 Å². The number of fused-ring (bicyclic) bond motifs is 1. The molecule has 1 aromatic carbocycles. The highest BCUT2D eigenvalue weighted by Crippen LogP contribution is 2.34. The molecule has 3 rings (SSSR count). The van der Waals surface area contributed by atoms with Crippen molar-refractivity contribution in [3.8, 4) is 17.2 Å². The molecule has 0 spiro atoms. The molecule has 0 unspecified atom stereocenters. The van der Waals surface area contributed by atoms with Gasteiger partial charge < -0.3 is 5.73 Å². The fourth-order valence-electron chi connectivity index (χ4n) is 2.34. The first-order chi connectivity index (χ1) is 9.61. The van der Waals surface area contributed by atoms with Gasteiger partial charge in [-0.2, -0.15) is 10.4 Å². The Bertz CT molecular complexity index is 837. The smallest absolute Gasteiger partial charge is 0.183 e. The first-order valence-corrected chi connectivity index (χ1v) is 6.23. The molecule has 3 N–H and O–H groups in total. The van der Waals surface area contributed by atoms with Gasteiger partial charge in [0.1, 0.15) is 17.5 Å². The van der Waals surface area contributed by atoms with Gasteiger partial charge in [0, 0.05) is 11.3 Å². The summed E-state index contributed by atoms with van der Waals surface area (Å²) in [6.45, 7) is 3.93. The van der Waals surface area contributed by atoms with Gasteiger partial charge in [0.05, 0.1) is 5.39 Å². The van der Waals surface area contributed by atoms with E-state index in [0.717, 1.165) is 27.8 Å². The lowest BCUT2D eigenvalue weighted by atomic mass is 9.96. The minimum absolute atomic E-state index is 0.210. The van der Waals surface area contributed by atoms with E-state index in [1.165, 1.54) is 0 Å². The molecule has 2 heterocycles. The van der Waals surface area contributed by atoms with Crippen molar-refractivity contribution in [2.75, 3.05) is 5.73 Å². The van der Waals surface area contributed by atoms with E-state index in [1.807, 2.05) is 38.1 Å². The molecule has 2 aromatic heterocycles. The number of nitrogens with one attached hydrogen (secondary N) is 1. The zero-order chi connectivity index (χ0) is 14.3. The number of nitrogens with zero attached hydrogens (tertiary/aromatic N) is 3. The van der Waals surface area contributed by atoms with Crippen LogP contribution in [-0.4, -0.2) is 15.2 Å². The Hall–Kier alpha value is -2.87. The number of aromatic amines is 1. The highest BCUT2D eigenvalue weighted by Gasteiger charge is 2.18. The maximum atomic E-state index is 9.40. The number of benzene rings is 1. The molecule has 5 heteroatoms. The zero-order valence-corrected chi connectivity index (χ0v) is 11.2. The van der Waals surface area contributed by atoms with Crippen LogP contribution in [0.25, 0.3) is 22.2 Å². The van der Waals surface area contributed by atoms with Crippen molar-refractivity contribution in [2.24, 2.45) is 0 Å². The van der Waals surface area contributed by atoms with Crippen molar-refractivity contribution in [3.05, 3.63) is 41.1 Å². The van der Waals surface area contributed by atoms with Gasteiger partial charge in [-0.15, -0.1) is 0 Å². The first-order valence-electron chi connectivity index (χ1n) is 6.23. The maximum Gasteiger partial charge on any atom is 0.183 e. The number of H-pyrrole nitrogens is 1. The van der Waals surface area contributed by atoms with Gasteiger partial charge >= 0.3 is 0 Å². The number of aromatic nitrogens is 3. The summed E-state index contributed by atoms with van der Waals surface area (Å²) < 4.78 is 0. The van der Waals surface area contributed by atoms with Gasteiger partial charge in [0.2, 0.25) is 0 Å². The van der Waals surface area contributed by atoms with Gasteiger partial charge in [-0.25, -0.2) is 4.98 Å². The number of aryl methyl sites for hydroxylation is 2. The van der Waals surface area contributed by atoms with Gasteiger partial charge in [0.25, 0.3) is 0 Å². The molecule has 0 atom stereocenters. The van der Waals surface area contributed by atoms with Crippen molar-refractivity contribution < 1.29 is 0 Å². The van der Waals surface area contributed by atoms with Crippen molar-refractivity contribution in [3.63, 3.8) is 0 Å². The van der Waals surface area contributed by atoms with Crippen LogP contribution >= 0.6 is 0 Å². The summed E-state index contributed by atoms with van der Waals surface area (Å²) in [4.78, 5) is 4.18. The molecule has 0 fully saturated rings. The number of rotatable bonds is 1. The largest absolute Gasteiger partial charge is 0.383 e. The summed E-state index contributed by atoms with van der Waals surface area (Å²) in [5.41, 5.74) is 10.6. The van der Waals surface area contributed by atoms with Crippen molar-refractivity contribution in [1.29, 1.82) is 5.26 Å². The fourth-order valence-corrected chi connectivity index (χ4v) is 2.34. The summed E-state index contributed by atoms with van der Waals surface area (Å²) in [7, 11) is 0. The number of anilines is 1. The average Bonchev–Trinajstić information content (AvgIpc) is 2.79. The van der Waals surface area contributed by atoms with E-state index < -0.39 is 0 Å². The summed E-state index contributed by atoms with van der Waals surface area (Å²) >= 11 is 0. The molecule has 0 saturated heterocycles. The van der Waals surface area contributed by atoms with Crippen LogP contribution in [0.2, 0.25) is 0 Å². The van der Waals surface area contributed by atoms with E-state index >= 15 is 0 Å². The van der Waals surface area contributed by atoms with Crippen LogP contribution < -0.4 is 5.73 Å². The van der Waals surface area contributed by atoms with Gasteiger partial charge in [-0.3, -0.25) is 5.10 Å². The van der Waals surface area contributed by atoms with E-state index in [9.17, 15) is 5.26 Å². The monoisotopic (exact) mass is 263 g/mol. The van der Waals surface area contributed by atoms with Crippen molar-refractivity contribution >= 4 is 16.9 Å². The maximum absolute atomic E-state index is 9.40. The third kappa shape index (κ3) is 1.70. The molecule has 5 nitrogen and oxygen atoms in total. The normalized spacial score (nSPS) is 10.7. The number of pyridine rings is 1. The van der Waals surface area contributed by atoms with Crippen LogP contribution in [0.5, 0.6) is 0 Å².